The maximum Gasteiger partial charge on any atom is 0.277 e. The van der Waals surface area contributed by atoms with Crippen molar-refractivity contribution in [1.29, 1.82) is 0 Å². The lowest BCUT2D eigenvalue weighted by molar-refractivity contribution is -0.111. The molecule has 1 amide bonds. The highest BCUT2D eigenvalue weighted by molar-refractivity contribution is 6.02. The number of carbonyl (C=O) groups excluding carboxylic acids is 1. The van der Waals surface area contributed by atoms with Crippen LogP contribution in [0.25, 0.3) is 5.65 Å². The minimum atomic E-state index is -0.301. The molecule has 9 nitrogen and oxygen atoms in total. The number of anilines is 1. The summed E-state index contributed by atoms with van der Waals surface area (Å²) in [4.78, 5) is 12.5. The van der Waals surface area contributed by atoms with Crippen molar-refractivity contribution in [3.05, 3.63) is 36.0 Å². The number of carbonyl (C=O) groups is 1. The second-order valence-electron chi connectivity index (χ2n) is 7.42. The molecule has 3 aromatic rings. The van der Waals surface area contributed by atoms with Gasteiger partial charge in [-0.05, 0) is 12.1 Å². The molecular formula is C17H21N7O2. The smallest absolute Gasteiger partial charge is 0.277 e. The predicted molar refractivity (Wildman–Crippen MR) is 94.0 cm³/mol. The average Bonchev–Trinajstić information content (AvgIpc) is 3.19. The molecule has 4 heterocycles. The van der Waals surface area contributed by atoms with Crippen LogP contribution in [0.15, 0.2) is 24.5 Å². The van der Waals surface area contributed by atoms with E-state index in [1.54, 1.807) is 16.9 Å². The van der Waals surface area contributed by atoms with Crippen LogP contribution in [0.2, 0.25) is 0 Å². The highest BCUT2D eigenvalue weighted by Crippen LogP contribution is 2.28. The first-order valence-electron chi connectivity index (χ1n) is 8.57. The van der Waals surface area contributed by atoms with Gasteiger partial charge in [-0.3, -0.25) is 13.9 Å². The molecule has 0 saturated carbocycles. The molecule has 0 atom stereocenters. The minimum Gasteiger partial charge on any atom is -0.380 e. The van der Waals surface area contributed by atoms with E-state index in [4.69, 9.17) is 4.74 Å². The van der Waals surface area contributed by atoms with Gasteiger partial charge in [0.15, 0.2) is 11.3 Å². The Balaban J connectivity index is 1.50. The molecule has 3 aromatic heterocycles. The second kappa shape index (κ2) is 6.17. The summed E-state index contributed by atoms with van der Waals surface area (Å²) in [6.45, 7) is 8.30. The Labute approximate surface area is 150 Å². The fourth-order valence-electron chi connectivity index (χ4n) is 2.98. The number of pyridine rings is 1. The molecule has 1 aliphatic heterocycles. The fourth-order valence-corrected chi connectivity index (χ4v) is 2.98. The lowest BCUT2D eigenvalue weighted by atomic mass is 9.89. The molecule has 0 unspecified atom stereocenters. The van der Waals surface area contributed by atoms with E-state index in [-0.39, 0.29) is 22.9 Å². The van der Waals surface area contributed by atoms with Gasteiger partial charge in [0.1, 0.15) is 5.82 Å². The van der Waals surface area contributed by atoms with E-state index >= 15 is 0 Å². The first-order chi connectivity index (χ1) is 12.4. The summed E-state index contributed by atoms with van der Waals surface area (Å²) in [7, 11) is 0. The van der Waals surface area contributed by atoms with E-state index < -0.39 is 0 Å². The minimum absolute atomic E-state index is 0.0636. The van der Waals surface area contributed by atoms with E-state index in [1.165, 1.54) is 0 Å². The van der Waals surface area contributed by atoms with Crippen LogP contribution >= 0.6 is 0 Å². The summed E-state index contributed by atoms with van der Waals surface area (Å²) in [5, 5.41) is 19.2. The molecule has 1 aliphatic rings. The Hall–Kier alpha value is -2.81. The monoisotopic (exact) mass is 355 g/mol. The third-order valence-corrected chi connectivity index (χ3v) is 4.42. The van der Waals surface area contributed by atoms with E-state index in [0.717, 1.165) is 11.5 Å². The topological polar surface area (TPSA) is 99.2 Å². The van der Waals surface area contributed by atoms with Crippen molar-refractivity contribution in [2.45, 2.75) is 33.2 Å². The van der Waals surface area contributed by atoms with E-state index in [9.17, 15) is 4.79 Å². The van der Waals surface area contributed by atoms with Crippen LogP contribution in [0.3, 0.4) is 0 Å². The predicted octanol–water partition coefficient (Wildman–Crippen LogP) is 1.73. The maximum absolute atomic E-state index is 12.5. The standard InChI is InChI=1S/C17H21N7O2/c1-11(2)15-21-20-14-5-4-12(6-24(14)15)18-16(25)13-7-23(22-19-13)8-17(3)9-26-10-17/h4-7,11H,8-10H2,1-3H3,(H,18,25). The van der Waals surface area contributed by atoms with Gasteiger partial charge < -0.3 is 10.1 Å². The number of hydrogen-bond donors (Lipinski definition) is 1. The van der Waals surface area contributed by atoms with Crippen LogP contribution in [0, 0.1) is 5.41 Å². The molecule has 0 radical (unpaired) electrons. The number of ether oxygens (including phenoxy) is 1. The van der Waals surface area contributed by atoms with Crippen LogP contribution in [-0.2, 0) is 11.3 Å². The average molecular weight is 355 g/mol. The van der Waals surface area contributed by atoms with Gasteiger partial charge in [0.05, 0.1) is 31.6 Å². The summed E-state index contributed by atoms with van der Waals surface area (Å²) < 4.78 is 8.82. The Morgan fingerprint density at radius 2 is 2.08 bits per heavy atom. The normalized spacial score (nSPS) is 16.0. The molecule has 1 saturated heterocycles. The van der Waals surface area contributed by atoms with Crippen molar-refractivity contribution in [2.75, 3.05) is 18.5 Å². The Kier molecular flexibility index (Phi) is 3.95. The van der Waals surface area contributed by atoms with Crippen LogP contribution in [-0.4, -0.2) is 48.7 Å². The zero-order chi connectivity index (χ0) is 18.3. The van der Waals surface area contributed by atoms with Gasteiger partial charge in [-0.1, -0.05) is 26.0 Å². The summed E-state index contributed by atoms with van der Waals surface area (Å²) in [6.07, 6.45) is 3.48. The third kappa shape index (κ3) is 3.05. The van der Waals surface area contributed by atoms with Crippen molar-refractivity contribution in [2.24, 2.45) is 5.41 Å². The molecule has 0 spiro atoms. The Morgan fingerprint density at radius 1 is 1.27 bits per heavy atom. The third-order valence-electron chi connectivity index (χ3n) is 4.42. The number of nitrogens with zero attached hydrogens (tertiary/aromatic N) is 6. The maximum atomic E-state index is 12.5. The Bertz CT molecular complexity index is 955. The largest absolute Gasteiger partial charge is 0.380 e. The summed E-state index contributed by atoms with van der Waals surface area (Å²) in [6, 6.07) is 3.62. The molecule has 1 N–H and O–H groups in total. The van der Waals surface area contributed by atoms with Gasteiger partial charge >= 0.3 is 0 Å². The first kappa shape index (κ1) is 16.6. The SMILES string of the molecule is CC(C)c1nnc2ccc(NC(=O)c3cn(CC4(C)COC4)nn3)cn12. The zero-order valence-electron chi connectivity index (χ0n) is 15.0. The summed E-state index contributed by atoms with van der Waals surface area (Å²) >= 11 is 0. The summed E-state index contributed by atoms with van der Waals surface area (Å²) in [5.41, 5.74) is 1.74. The van der Waals surface area contributed by atoms with Gasteiger partial charge in [0.25, 0.3) is 5.91 Å². The quantitative estimate of drug-likeness (QED) is 0.748. The number of amides is 1. The fraction of sp³-hybridized carbons (Fsp3) is 0.471. The molecule has 0 aliphatic carbocycles. The zero-order valence-corrected chi connectivity index (χ0v) is 15.0. The van der Waals surface area contributed by atoms with Gasteiger partial charge in [-0.2, -0.15) is 0 Å². The first-order valence-corrected chi connectivity index (χ1v) is 8.57. The van der Waals surface area contributed by atoms with Crippen LogP contribution < -0.4 is 5.32 Å². The van der Waals surface area contributed by atoms with Crippen molar-refractivity contribution in [3.63, 3.8) is 0 Å². The number of fused-ring (bicyclic) bond motifs is 1. The molecule has 0 aromatic carbocycles. The molecular weight excluding hydrogens is 334 g/mol. The van der Waals surface area contributed by atoms with Crippen molar-refractivity contribution < 1.29 is 9.53 Å². The molecule has 26 heavy (non-hydrogen) atoms. The number of rotatable bonds is 5. The second-order valence-corrected chi connectivity index (χ2v) is 7.42. The molecule has 1 fully saturated rings. The van der Waals surface area contributed by atoms with Crippen LogP contribution in [0.4, 0.5) is 5.69 Å². The summed E-state index contributed by atoms with van der Waals surface area (Å²) in [5.74, 6) is 0.774. The number of aromatic nitrogens is 6. The van der Waals surface area contributed by atoms with Crippen molar-refractivity contribution in [3.8, 4) is 0 Å². The van der Waals surface area contributed by atoms with Gasteiger partial charge in [0.2, 0.25) is 0 Å². The Morgan fingerprint density at radius 3 is 2.77 bits per heavy atom. The van der Waals surface area contributed by atoms with E-state index in [2.05, 4.69) is 32.7 Å². The van der Waals surface area contributed by atoms with Crippen LogP contribution in [0.1, 0.15) is 43.0 Å². The molecule has 0 bridgehead atoms. The number of nitrogens with one attached hydrogen (secondary N) is 1. The van der Waals surface area contributed by atoms with Gasteiger partial charge in [-0.25, -0.2) is 0 Å². The molecule has 9 heteroatoms. The van der Waals surface area contributed by atoms with E-state index in [0.29, 0.717) is 25.4 Å². The van der Waals surface area contributed by atoms with E-state index in [1.807, 2.05) is 30.5 Å². The lowest BCUT2D eigenvalue weighted by Gasteiger charge is -2.37. The van der Waals surface area contributed by atoms with Crippen molar-refractivity contribution in [1.82, 2.24) is 29.6 Å². The number of hydrogen-bond acceptors (Lipinski definition) is 6. The highest BCUT2D eigenvalue weighted by atomic mass is 16.5. The van der Waals surface area contributed by atoms with Crippen LogP contribution in [0.5, 0.6) is 0 Å². The molecule has 136 valence electrons. The lowest BCUT2D eigenvalue weighted by Crippen LogP contribution is -2.43. The highest BCUT2D eigenvalue weighted by Gasteiger charge is 2.34. The molecule has 4 rings (SSSR count). The van der Waals surface area contributed by atoms with Gasteiger partial charge in [-0.15, -0.1) is 15.3 Å². The van der Waals surface area contributed by atoms with Crippen molar-refractivity contribution >= 4 is 17.2 Å². The van der Waals surface area contributed by atoms with Gasteiger partial charge in [0, 0.05) is 17.5 Å².